The molecule has 1 heterocycles. The largest absolute Gasteiger partial charge is 0.382 e. The zero-order valence-electron chi connectivity index (χ0n) is 9.91. The van der Waals surface area contributed by atoms with Crippen molar-refractivity contribution in [3.05, 3.63) is 47.1 Å². The van der Waals surface area contributed by atoms with E-state index in [1.54, 1.807) is 0 Å². The van der Waals surface area contributed by atoms with Crippen molar-refractivity contribution >= 4 is 0 Å². The van der Waals surface area contributed by atoms with Crippen LogP contribution in [-0.2, 0) is 6.42 Å². The molecule has 1 aromatic carbocycles. The minimum Gasteiger partial charge on any atom is -0.382 e. The zero-order chi connectivity index (χ0) is 12.5. The van der Waals surface area contributed by atoms with Gasteiger partial charge >= 0.3 is 0 Å². The number of aryl methyl sites for hydroxylation is 1. The number of hydrogen-bond donors (Lipinski definition) is 2. The fourth-order valence-corrected chi connectivity index (χ4v) is 2.45. The summed E-state index contributed by atoms with van der Waals surface area (Å²) in [6.07, 6.45) is 1.14. The van der Waals surface area contributed by atoms with Crippen LogP contribution in [0.2, 0.25) is 0 Å². The molecule has 0 fully saturated rings. The van der Waals surface area contributed by atoms with Crippen LogP contribution in [0.5, 0.6) is 0 Å². The van der Waals surface area contributed by atoms with E-state index in [0.29, 0.717) is 5.82 Å². The summed E-state index contributed by atoms with van der Waals surface area (Å²) in [5, 5.41) is 13.5. The first-order valence-electron chi connectivity index (χ1n) is 6.09. The molecule has 94 valence electrons. The molecule has 0 radical (unpaired) electrons. The van der Waals surface area contributed by atoms with Gasteiger partial charge in [0.05, 0.1) is 0 Å². The summed E-state index contributed by atoms with van der Waals surface area (Å²) in [7, 11) is 0. The lowest BCUT2D eigenvalue weighted by Gasteiger charge is -2.05. The van der Waals surface area contributed by atoms with Crippen molar-refractivity contribution in [2.75, 3.05) is 6.54 Å². The average Bonchev–Trinajstić information content (AvgIpc) is 3.03. The predicted octanol–water partition coefficient (Wildman–Crippen LogP) is 1.14. The maximum absolute atomic E-state index is 9.56. The molecular weight excluding hydrogens is 230 g/mol. The van der Waals surface area contributed by atoms with Crippen molar-refractivity contribution in [1.82, 2.24) is 10.1 Å². The quantitative estimate of drug-likeness (QED) is 0.847. The van der Waals surface area contributed by atoms with E-state index in [1.807, 2.05) is 12.1 Å². The lowest BCUT2D eigenvalue weighted by molar-refractivity contribution is 0.141. The smallest absolute Gasteiger partial charge is 0.256 e. The van der Waals surface area contributed by atoms with Gasteiger partial charge in [-0.25, -0.2) is 0 Å². The zero-order valence-corrected chi connectivity index (χ0v) is 9.91. The highest BCUT2D eigenvalue weighted by Crippen LogP contribution is 2.36. The molecule has 3 rings (SSSR count). The molecule has 5 nitrogen and oxygen atoms in total. The molecule has 0 saturated heterocycles. The first kappa shape index (κ1) is 11.4. The molecule has 1 unspecified atom stereocenters. The minimum absolute atomic E-state index is 0.0862. The molecule has 3 N–H and O–H groups in total. The molecule has 2 atom stereocenters. The van der Waals surface area contributed by atoms with Crippen LogP contribution in [0.1, 0.15) is 41.3 Å². The van der Waals surface area contributed by atoms with Gasteiger partial charge in [-0.05, 0) is 24.0 Å². The van der Waals surface area contributed by atoms with Gasteiger partial charge in [0, 0.05) is 12.5 Å². The Labute approximate surface area is 105 Å². The Hall–Kier alpha value is -1.72. The lowest BCUT2D eigenvalue weighted by atomic mass is 10.0. The van der Waals surface area contributed by atoms with Crippen LogP contribution < -0.4 is 5.73 Å². The first-order chi connectivity index (χ1) is 8.79. The van der Waals surface area contributed by atoms with E-state index in [4.69, 9.17) is 10.3 Å². The Balaban J connectivity index is 1.91. The van der Waals surface area contributed by atoms with Gasteiger partial charge in [-0.1, -0.05) is 29.4 Å². The average molecular weight is 245 g/mol. The van der Waals surface area contributed by atoms with Gasteiger partial charge < -0.3 is 15.4 Å². The molecular formula is C13H15N3O2. The minimum atomic E-state index is -0.872. The van der Waals surface area contributed by atoms with Crippen LogP contribution in [0.25, 0.3) is 0 Å². The van der Waals surface area contributed by atoms with E-state index >= 15 is 0 Å². The second kappa shape index (κ2) is 4.51. The number of aliphatic hydroxyl groups is 1. The Kier molecular flexibility index (Phi) is 2.85. The summed E-state index contributed by atoms with van der Waals surface area (Å²) in [5.41, 5.74) is 7.96. The number of benzene rings is 1. The van der Waals surface area contributed by atoms with Crippen molar-refractivity contribution < 1.29 is 9.63 Å². The molecule has 0 amide bonds. The maximum atomic E-state index is 9.56. The van der Waals surface area contributed by atoms with Gasteiger partial charge in [0.15, 0.2) is 5.82 Å². The molecule has 1 aromatic heterocycles. The third kappa shape index (κ3) is 1.81. The number of aromatic nitrogens is 2. The highest BCUT2D eigenvalue weighted by atomic mass is 16.5. The third-order valence-electron chi connectivity index (χ3n) is 3.41. The Morgan fingerprint density at radius 2 is 2.28 bits per heavy atom. The van der Waals surface area contributed by atoms with E-state index in [1.165, 1.54) is 11.1 Å². The molecule has 1 aliphatic rings. The lowest BCUT2D eigenvalue weighted by Crippen LogP contribution is -2.12. The Morgan fingerprint density at radius 3 is 3.11 bits per heavy atom. The van der Waals surface area contributed by atoms with Gasteiger partial charge in [-0.15, -0.1) is 0 Å². The van der Waals surface area contributed by atoms with Gasteiger partial charge in [0.1, 0.15) is 6.10 Å². The van der Waals surface area contributed by atoms with E-state index in [0.717, 1.165) is 12.8 Å². The standard InChI is InChI=1S/C13H15N3O2/c14-7-11(17)13-15-12(16-18-13)10-6-5-8-3-1-2-4-9(8)10/h1-4,10-11,17H,5-7,14H2/t10?,11-/m0/s1. The molecule has 2 aromatic rings. The molecule has 5 heteroatoms. The first-order valence-corrected chi connectivity index (χ1v) is 6.09. The normalized spacial score (nSPS) is 19.8. The Bertz CT molecular complexity index is 553. The van der Waals surface area contributed by atoms with E-state index < -0.39 is 6.10 Å². The fourth-order valence-electron chi connectivity index (χ4n) is 2.45. The Morgan fingerprint density at radius 1 is 1.44 bits per heavy atom. The highest BCUT2D eigenvalue weighted by Gasteiger charge is 2.28. The van der Waals surface area contributed by atoms with Crippen molar-refractivity contribution in [2.24, 2.45) is 5.73 Å². The van der Waals surface area contributed by atoms with Crippen LogP contribution in [0.15, 0.2) is 28.8 Å². The van der Waals surface area contributed by atoms with Crippen molar-refractivity contribution in [3.63, 3.8) is 0 Å². The summed E-state index contributed by atoms with van der Waals surface area (Å²) in [5.74, 6) is 1.02. The van der Waals surface area contributed by atoms with Crippen LogP contribution >= 0.6 is 0 Å². The summed E-state index contributed by atoms with van der Waals surface area (Å²) in [4.78, 5) is 4.25. The summed E-state index contributed by atoms with van der Waals surface area (Å²) >= 11 is 0. The molecule has 18 heavy (non-hydrogen) atoms. The number of nitrogens with two attached hydrogens (primary N) is 1. The number of hydrogen-bond acceptors (Lipinski definition) is 5. The monoisotopic (exact) mass is 245 g/mol. The summed E-state index contributed by atoms with van der Waals surface area (Å²) < 4.78 is 5.05. The van der Waals surface area contributed by atoms with Crippen LogP contribution in [-0.4, -0.2) is 21.8 Å². The molecule has 0 aliphatic heterocycles. The molecule has 1 aliphatic carbocycles. The summed E-state index contributed by atoms with van der Waals surface area (Å²) in [6.45, 7) is 0.0862. The fraction of sp³-hybridized carbons (Fsp3) is 0.385. The van der Waals surface area contributed by atoms with Crippen LogP contribution in [0.3, 0.4) is 0 Å². The highest BCUT2D eigenvalue weighted by molar-refractivity contribution is 5.38. The SMILES string of the molecule is NC[C@H](O)c1nc(C2CCc3ccccc32)no1. The van der Waals surface area contributed by atoms with E-state index in [9.17, 15) is 5.11 Å². The number of aliphatic hydroxyl groups excluding tert-OH is 1. The van der Waals surface area contributed by atoms with Crippen molar-refractivity contribution in [2.45, 2.75) is 24.9 Å². The predicted molar refractivity (Wildman–Crippen MR) is 64.9 cm³/mol. The van der Waals surface area contributed by atoms with Crippen molar-refractivity contribution in [1.29, 1.82) is 0 Å². The van der Waals surface area contributed by atoms with E-state index in [-0.39, 0.29) is 18.4 Å². The molecule has 0 saturated carbocycles. The van der Waals surface area contributed by atoms with E-state index in [2.05, 4.69) is 22.3 Å². The topological polar surface area (TPSA) is 85.2 Å². The van der Waals surface area contributed by atoms with Crippen LogP contribution in [0.4, 0.5) is 0 Å². The second-order valence-corrected chi connectivity index (χ2v) is 4.53. The summed E-state index contributed by atoms with van der Waals surface area (Å²) in [6, 6.07) is 8.29. The maximum Gasteiger partial charge on any atom is 0.256 e. The second-order valence-electron chi connectivity index (χ2n) is 4.53. The molecule has 0 bridgehead atoms. The van der Waals surface area contributed by atoms with Crippen LogP contribution in [0, 0.1) is 0 Å². The number of fused-ring (bicyclic) bond motifs is 1. The number of rotatable bonds is 3. The van der Waals surface area contributed by atoms with Gasteiger partial charge in [-0.2, -0.15) is 4.98 Å². The molecule has 0 spiro atoms. The van der Waals surface area contributed by atoms with Gasteiger partial charge in [0.2, 0.25) is 0 Å². The van der Waals surface area contributed by atoms with Gasteiger partial charge in [0.25, 0.3) is 5.89 Å². The third-order valence-corrected chi connectivity index (χ3v) is 3.41. The number of nitrogens with zero attached hydrogens (tertiary/aromatic N) is 2. The van der Waals surface area contributed by atoms with Gasteiger partial charge in [-0.3, -0.25) is 0 Å². The van der Waals surface area contributed by atoms with Crippen molar-refractivity contribution in [3.8, 4) is 0 Å².